The minimum atomic E-state index is -4.09. The first-order valence-corrected chi connectivity index (χ1v) is 15.1. The maximum atomic E-state index is 14.0. The van der Waals surface area contributed by atoms with E-state index in [1.807, 2.05) is 77.1 Å². The van der Waals surface area contributed by atoms with Crippen LogP contribution in [-0.4, -0.2) is 49.8 Å². The van der Waals surface area contributed by atoms with Crippen molar-refractivity contribution in [3.8, 4) is 0 Å². The third kappa shape index (κ3) is 7.94. The van der Waals surface area contributed by atoms with Crippen molar-refractivity contribution in [2.24, 2.45) is 0 Å². The average molecular weight is 564 g/mol. The van der Waals surface area contributed by atoms with Crippen LogP contribution in [0.15, 0.2) is 83.8 Å². The normalized spacial score (nSPS) is 12.4. The lowest BCUT2D eigenvalue weighted by Gasteiger charge is -2.34. The Hall–Kier alpha value is -3.65. The lowest BCUT2D eigenvalue weighted by atomic mass is 10.1. The Morgan fingerprint density at radius 2 is 1.50 bits per heavy atom. The molecule has 1 unspecified atom stereocenters. The summed E-state index contributed by atoms with van der Waals surface area (Å²) in [7, 11) is -4.09. The number of nitrogens with zero attached hydrogens (tertiary/aromatic N) is 2. The zero-order valence-electron chi connectivity index (χ0n) is 24.3. The van der Waals surface area contributed by atoms with Gasteiger partial charge in [-0.2, -0.15) is 0 Å². The summed E-state index contributed by atoms with van der Waals surface area (Å²) in [6.45, 7) is 11.0. The second-order valence-corrected chi connectivity index (χ2v) is 12.9. The topological polar surface area (TPSA) is 86.8 Å². The molecule has 214 valence electrons. The fraction of sp³-hybridized carbons (Fsp3) is 0.375. The molecule has 0 bridgehead atoms. The minimum absolute atomic E-state index is 0.103. The molecule has 0 saturated heterocycles. The van der Waals surface area contributed by atoms with E-state index in [2.05, 4.69) is 5.32 Å². The number of carbonyl (C=O) groups excluding carboxylic acids is 2. The highest BCUT2D eigenvalue weighted by molar-refractivity contribution is 7.92. The molecular formula is C32H41N3O4S. The van der Waals surface area contributed by atoms with Crippen LogP contribution in [0.3, 0.4) is 0 Å². The Balaban J connectivity index is 2.02. The highest BCUT2D eigenvalue weighted by Crippen LogP contribution is 2.28. The molecule has 0 heterocycles. The fourth-order valence-electron chi connectivity index (χ4n) is 4.45. The van der Waals surface area contributed by atoms with Crippen molar-refractivity contribution < 1.29 is 18.0 Å². The van der Waals surface area contributed by atoms with Gasteiger partial charge < -0.3 is 10.2 Å². The van der Waals surface area contributed by atoms with E-state index in [1.54, 1.807) is 43.3 Å². The van der Waals surface area contributed by atoms with Crippen molar-refractivity contribution in [3.63, 3.8) is 0 Å². The summed E-state index contributed by atoms with van der Waals surface area (Å²) >= 11 is 0. The molecule has 0 aromatic heterocycles. The van der Waals surface area contributed by atoms with Crippen LogP contribution >= 0.6 is 0 Å². The van der Waals surface area contributed by atoms with E-state index in [1.165, 1.54) is 9.21 Å². The number of aryl methyl sites for hydroxylation is 2. The Bertz CT molecular complexity index is 1400. The summed E-state index contributed by atoms with van der Waals surface area (Å²) < 4.78 is 29.2. The lowest BCUT2D eigenvalue weighted by Crippen LogP contribution is -2.55. The van der Waals surface area contributed by atoms with E-state index >= 15 is 0 Å². The van der Waals surface area contributed by atoms with Crippen molar-refractivity contribution in [2.45, 2.75) is 70.9 Å². The van der Waals surface area contributed by atoms with Crippen molar-refractivity contribution in [1.29, 1.82) is 0 Å². The molecular weight excluding hydrogens is 522 g/mol. The summed E-state index contributed by atoms with van der Waals surface area (Å²) in [6, 6.07) is 22.7. The lowest BCUT2D eigenvalue weighted by molar-refractivity contribution is -0.139. The maximum absolute atomic E-state index is 14.0. The number of hydrogen-bond acceptors (Lipinski definition) is 4. The van der Waals surface area contributed by atoms with Gasteiger partial charge in [0.15, 0.2) is 0 Å². The first kappa shape index (κ1) is 30.9. The predicted octanol–water partition coefficient (Wildman–Crippen LogP) is 5.13. The Morgan fingerprint density at radius 3 is 2.10 bits per heavy atom. The molecule has 0 fully saturated rings. The molecule has 7 nitrogen and oxygen atoms in total. The molecule has 3 aromatic rings. The molecule has 3 rings (SSSR count). The Labute approximate surface area is 239 Å². The van der Waals surface area contributed by atoms with E-state index in [0.717, 1.165) is 16.7 Å². The molecule has 0 saturated carbocycles. The van der Waals surface area contributed by atoms with E-state index < -0.39 is 34.1 Å². The smallest absolute Gasteiger partial charge is 0.264 e. The molecule has 0 aliphatic carbocycles. The number of carbonyl (C=O) groups is 2. The van der Waals surface area contributed by atoms with Gasteiger partial charge in [0, 0.05) is 12.1 Å². The molecule has 3 aromatic carbocycles. The van der Waals surface area contributed by atoms with Gasteiger partial charge in [-0.1, -0.05) is 73.2 Å². The molecule has 8 heteroatoms. The molecule has 1 N–H and O–H groups in total. The molecule has 0 aliphatic heterocycles. The number of benzene rings is 3. The van der Waals surface area contributed by atoms with Crippen LogP contribution < -0.4 is 9.62 Å². The zero-order chi connectivity index (χ0) is 29.5. The van der Waals surface area contributed by atoms with Gasteiger partial charge in [-0.05, 0) is 76.8 Å². The van der Waals surface area contributed by atoms with Gasteiger partial charge in [0.1, 0.15) is 12.6 Å². The first-order chi connectivity index (χ1) is 18.8. The average Bonchev–Trinajstić information content (AvgIpc) is 2.91. The monoisotopic (exact) mass is 563 g/mol. The molecule has 2 amide bonds. The van der Waals surface area contributed by atoms with Crippen LogP contribution in [0.4, 0.5) is 5.69 Å². The van der Waals surface area contributed by atoms with Gasteiger partial charge in [-0.3, -0.25) is 13.9 Å². The molecule has 0 radical (unpaired) electrons. The van der Waals surface area contributed by atoms with Crippen molar-refractivity contribution in [3.05, 3.63) is 95.6 Å². The summed E-state index contributed by atoms with van der Waals surface area (Å²) in [6.07, 6.45) is 1.11. The van der Waals surface area contributed by atoms with E-state index in [9.17, 15) is 18.0 Å². The summed E-state index contributed by atoms with van der Waals surface area (Å²) in [5, 5.41) is 2.95. The van der Waals surface area contributed by atoms with Crippen LogP contribution in [0.25, 0.3) is 0 Å². The van der Waals surface area contributed by atoms with Gasteiger partial charge in [0.2, 0.25) is 11.8 Å². The molecule has 40 heavy (non-hydrogen) atoms. The number of nitrogens with one attached hydrogen (secondary N) is 1. The number of hydrogen-bond donors (Lipinski definition) is 1. The van der Waals surface area contributed by atoms with E-state index in [0.29, 0.717) is 18.5 Å². The standard InChI is InChI=1S/C32H41N3O4S/c1-7-27-15-11-12-16-29(27)35(40(38,39)28-19-17-24(2)18-20-28)23-30(36)34(22-21-26-13-9-8-10-14-26)25(3)31(37)33-32(4,5)6/h8-20,25H,7,21-23H2,1-6H3,(H,33,37). The number of para-hydroxylation sites is 1. The Morgan fingerprint density at radius 1 is 0.900 bits per heavy atom. The van der Waals surface area contributed by atoms with E-state index in [-0.39, 0.29) is 17.3 Å². The van der Waals surface area contributed by atoms with Gasteiger partial charge in [-0.15, -0.1) is 0 Å². The van der Waals surface area contributed by atoms with Crippen molar-refractivity contribution >= 4 is 27.5 Å². The van der Waals surface area contributed by atoms with Crippen LogP contribution in [0, 0.1) is 6.92 Å². The van der Waals surface area contributed by atoms with Crippen LogP contribution in [0.5, 0.6) is 0 Å². The van der Waals surface area contributed by atoms with Crippen LogP contribution in [0.1, 0.15) is 51.3 Å². The van der Waals surface area contributed by atoms with Crippen molar-refractivity contribution in [2.75, 3.05) is 17.4 Å². The zero-order valence-corrected chi connectivity index (χ0v) is 25.2. The summed E-state index contributed by atoms with van der Waals surface area (Å²) in [5.41, 5.74) is 2.72. The molecule has 1 atom stereocenters. The fourth-order valence-corrected chi connectivity index (χ4v) is 5.90. The van der Waals surface area contributed by atoms with E-state index in [4.69, 9.17) is 0 Å². The van der Waals surface area contributed by atoms with Crippen molar-refractivity contribution in [1.82, 2.24) is 10.2 Å². The second kappa shape index (κ2) is 13.1. The number of anilines is 1. The second-order valence-electron chi connectivity index (χ2n) is 11.0. The maximum Gasteiger partial charge on any atom is 0.264 e. The molecule has 0 spiro atoms. The van der Waals surface area contributed by atoms with Crippen LogP contribution in [0.2, 0.25) is 0 Å². The molecule has 0 aliphatic rings. The van der Waals surface area contributed by atoms with Gasteiger partial charge in [-0.25, -0.2) is 8.42 Å². The van der Waals surface area contributed by atoms with Gasteiger partial charge in [0.25, 0.3) is 10.0 Å². The summed E-state index contributed by atoms with van der Waals surface area (Å²) in [5.74, 6) is -0.745. The quantitative estimate of drug-likeness (QED) is 0.351. The third-order valence-electron chi connectivity index (χ3n) is 6.68. The minimum Gasteiger partial charge on any atom is -0.350 e. The number of rotatable bonds is 11. The SMILES string of the molecule is CCc1ccccc1N(CC(=O)N(CCc1ccccc1)C(C)C(=O)NC(C)(C)C)S(=O)(=O)c1ccc(C)cc1. The largest absolute Gasteiger partial charge is 0.350 e. The first-order valence-electron chi connectivity index (χ1n) is 13.7. The predicted molar refractivity (Wildman–Crippen MR) is 161 cm³/mol. The van der Waals surface area contributed by atoms with Crippen LogP contribution in [-0.2, 0) is 32.5 Å². The number of sulfonamides is 1. The highest BCUT2D eigenvalue weighted by atomic mass is 32.2. The number of amides is 2. The van der Waals surface area contributed by atoms with Gasteiger partial charge >= 0.3 is 0 Å². The summed E-state index contributed by atoms with van der Waals surface area (Å²) in [4.78, 5) is 28.8. The highest BCUT2D eigenvalue weighted by Gasteiger charge is 2.33. The third-order valence-corrected chi connectivity index (χ3v) is 8.45. The van der Waals surface area contributed by atoms with Gasteiger partial charge in [0.05, 0.1) is 10.6 Å². The Kier molecular flexibility index (Phi) is 10.1.